The van der Waals surface area contributed by atoms with Gasteiger partial charge in [0.05, 0.1) is 0 Å². The maximum atomic E-state index is 2.35. The van der Waals surface area contributed by atoms with E-state index in [4.69, 9.17) is 0 Å². The Bertz CT molecular complexity index is 97.6. The minimum atomic E-state index is 0.343. The Morgan fingerprint density at radius 2 is 2.40 bits per heavy atom. The van der Waals surface area contributed by atoms with Crippen LogP contribution in [0.25, 0.3) is 0 Å². The van der Waals surface area contributed by atoms with E-state index in [0.29, 0.717) is 6.33 Å². The standard InChI is InChI=1S/C7H15PS2/c1-3-4-5-8-9-6-7(2)10-8/h7H,3-6H2,1-2H3. The Hall–Kier alpha value is 1.13. The zero-order valence-corrected chi connectivity index (χ0v) is 9.20. The fraction of sp³-hybridized carbons (Fsp3) is 1.00. The number of hydrogen-bond acceptors (Lipinski definition) is 2. The highest BCUT2D eigenvalue weighted by Crippen LogP contribution is 2.68. The van der Waals surface area contributed by atoms with E-state index in [1.165, 1.54) is 24.8 Å². The van der Waals surface area contributed by atoms with E-state index >= 15 is 0 Å². The molecular formula is C7H15PS2. The van der Waals surface area contributed by atoms with Crippen molar-refractivity contribution in [2.24, 2.45) is 0 Å². The van der Waals surface area contributed by atoms with Gasteiger partial charge in [-0.2, -0.15) is 0 Å². The molecular weight excluding hydrogens is 179 g/mol. The van der Waals surface area contributed by atoms with Crippen molar-refractivity contribution < 1.29 is 0 Å². The molecule has 1 heterocycles. The molecule has 0 aromatic rings. The van der Waals surface area contributed by atoms with Gasteiger partial charge in [0.1, 0.15) is 0 Å². The Labute approximate surface area is 73.2 Å². The average molecular weight is 194 g/mol. The van der Waals surface area contributed by atoms with Crippen LogP contribution in [0, 0.1) is 0 Å². The zero-order chi connectivity index (χ0) is 7.40. The molecule has 0 spiro atoms. The van der Waals surface area contributed by atoms with Crippen LogP contribution in [0.4, 0.5) is 0 Å². The zero-order valence-electron chi connectivity index (χ0n) is 6.67. The molecule has 0 saturated carbocycles. The molecule has 1 rings (SSSR count). The Kier molecular flexibility index (Phi) is 4.52. The van der Waals surface area contributed by atoms with Gasteiger partial charge in [0.2, 0.25) is 0 Å². The Morgan fingerprint density at radius 1 is 1.60 bits per heavy atom. The predicted octanol–water partition coefficient (Wildman–Crippen LogP) is 3.97. The predicted molar refractivity (Wildman–Crippen MR) is 56.2 cm³/mol. The molecule has 2 atom stereocenters. The molecule has 0 bridgehead atoms. The fourth-order valence-electron chi connectivity index (χ4n) is 0.854. The van der Waals surface area contributed by atoms with Gasteiger partial charge in [-0.1, -0.05) is 20.3 Å². The van der Waals surface area contributed by atoms with Gasteiger partial charge in [-0.25, -0.2) is 0 Å². The van der Waals surface area contributed by atoms with Crippen molar-refractivity contribution in [3.8, 4) is 0 Å². The smallest absolute Gasteiger partial charge is 0.0163 e. The topological polar surface area (TPSA) is 0 Å². The average Bonchev–Trinajstić information content (AvgIpc) is 2.31. The van der Waals surface area contributed by atoms with Crippen LogP contribution in [0.2, 0.25) is 0 Å². The normalized spacial score (nSPS) is 33.0. The van der Waals surface area contributed by atoms with Crippen molar-refractivity contribution in [1.29, 1.82) is 0 Å². The Morgan fingerprint density at radius 3 is 2.90 bits per heavy atom. The summed E-state index contributed by atoms with van der Waals surface area (Å²) in [5.74, 6) is 1.40. The molecule has 0 aliphatic carbocycles. The monoisotopic (exact) mass is 194 g/mol. The maximum Gasteiger partial charge on any atom is 0.0163 e. The van der Waals surface area contributed by atoms with Crippen LogP contribution < -0.4 is 0 Å². The van der Waals surface area contributed by atoms with Gasteiger partial charge in [-0.15, -0.1) is 22.8 Å². The molecule has 60 valence electrons. The van der Waals surface area contributed by atoms with Crippen LogP contribution in [0.15, 0.2) is 0 Å². The highest BCUT2D eigenvalue weighted by atomic mass is 33.1. The van der Waals surface area contributed by atoms with E-state index in [1.54, 1.807) is 0 Å². The van der Waals surface area contributed by atoms with E-state index in [0.717, 1.165) is 5.25 Å². The van der Waals surface area contributed by atoms with Crippen LogP contribution in [0.1, 0.15) is 26.7 Å². The second-order valence-electron chi connectivity index (χ2n) is 2.62. The van der Waals surface area contributed by atoms with Gasteiger partial charge in [0, 0.05) is 17.3 Å². The van der Waals surface area contributed by atoms with Crippen LogP contribution in [0.5, 0.6) is 0 Å². The first-order chi connectivity index (χ1) is 4.83. The fourth-order valence-corrected chi connectivity index (χ4v) is 10.3. The second-order valence-corrected chi connectivity index (χ2v) is 10.1. The summed E-state index contributed by atoms with van der Waals surface area (Å²) >= 11 is 4.45. The summed E-state index contributed by atoms with van der Waals surface area (Å²) in [6.07, 6.45) is 4.65. The van der Waals surface area contributed by atoms with E-state index in [1.807, 2.05) is 0 Å². The Balaban J connectivity index is 2.06. The second kappa shape index (κ2) is 4.90. The lowest BCUT2D eigenvalue weighted by Crippen LogP contribution is -1.88. The molecule has 1 aliphatic heterocycles. The van der Waals surface area contributed by atoms with E-state index in [2.05, 4.69) is 36.6 Å². The van der Waals surface area contributed by atoms with Crippen molar-refractivity contribution in [3.63, 3.8) is 0 Å². The molecule has 1 saturated heterocycles. The number of rotatable bonds is 3. The lowest BCUT2D eigenvalue weighted by Gasteiger charge is -2.05. The minimum absolute atomic E-state index is 0.343. The molecule has 0 amide bonds. The maximum absolute atomic E-state index is 2.35. The number of unbranched alkanes of at least 4 members (excludes halogenated alkanes) is 1. The van der Waals surface area contributed by atoms with Gasteiger partial charge in [-0.05, 0) is 12.6 Å². The van der Waals surface area contributed by atoms with E-state index in [9.17, 15) is 0 Å². The first-order valence-corrected chi connectivity index (χ1v) is 8.50. The van der Waals surface area contributed by atoms with Crippen LogP contribution >= 0.6 is 29.1 Å². The summed E-state index contributed by atoms with van der Waals surface area (Å²) in [7, 11) is 0. The minimum Gasteiger partial charge on any atom is -0.122 e. The quantitative estimate of drug-likeness (QED) is 0.623. The molecule has 0 radical (unpaired) electrons. The first kappa shape index (κ1) is 9.22. The summed E-state index contributed by atoms with van der Waals surface area (Å²) in [5, 5.41) is 0.938. The summed E-state index contributed by atoms with van der Waals surface area (Å²) in [6, 6.07) is 0. The summed E-state index contributed by atoms with van der Waals surface area (Å²) in [5.41, 5.74) is 0. The van der Waals surface area contributed by atoms with Crippen LogP contribution in [0.3, 0.4) is 0 Å². The number of hydrogen-bond donors (Lipinski definition) is 0. The van der Waals surface area contributed by atoms with Gasteiger partial charge in [0.25, 0.3) is 0 Å². The third-order valence-corrected chi connectivity index (χ3v) is 9.95. The third-order valence-electron chi connectivity index (χ3n) is 1.44. The molecule has 3 heteroatoms. The molecule has 0 aromatic carbocycles. The van der Waals surface area contributed by atoms with Crippen molar-refractivity contribution >= 4 is 29.1 Å². The van der Waals surface area contributed by atoms with Gasteiger partial charge < -0.3 is 0 Å². The molecule has 10 heavy (non-hydrogen) atoms. The largest absolute Gasteiger partial charge is 0.122 e. The summed E-state index contributed by atoms with van der Waals surface area (Å²) in [4.78, 5) is 0. The molecule has 0 aromatic heterocycles. The molecule has 1 fully saturated rings. The SMILES string of the molecule is CCCCP1SCC(C)S1. The van der Waals surface area contributed by atoms with Crippen LogP contribution in [-0.2, 0) is 0 Å². The molecule has 0 N–H and O–H groups in total. The van der Waals surface area contributed by atoms with Crippen molar-refractivity contribution in [1.82, 2.24) is 0 Å². The van der Waals surface area contributed by atoms with Gasteiger partial charge >= 0.3 is 0 Å². The van der Waals surface area contributed by atoms with E-state index in [-0.39, 0.29) is 0 Å². The highest BCUT2D eigenvalue weighted by Gasteiger charge is 2.21. The first-order valence-electron chi connectivity index (χ1n) is 3.90. The lowest BCUT2D eigenvalue weighted by atomic mass is 10.4. The van der Waals surface area contributed by atoms with Crippen molar-refractivity contribution in [2.75, 3.05) is 11.9 Å². The molecule has 1 aliphatic rings. The highest BCUT2D eigenvalue weighted by molar-refractivity contribution is 8.90. The van der Waals surface area contributed by atoms with E-state index < -0.39 is 0 Å². The van der Waals surface area contributed by atoms with Crippen molar-refractivity contribution in [3.05, 3.63) is 0 Å². The summed E-state index contributed by atoms with van der Waals surface area (Å²) in [6.45, 7) is 4.64. The third kappa shape index (κ3) is 3.02. The summed E-state index contributed by atoms with van der Waals surface area (Å²) < 4.78 is 0. The lowest BCUT2D eigenvalue weighted by molar-refractivity contribution is 0.896. The molecule has 0 nitrogen and oxygen atoms in total. The van der Waals surface area contributed by atoms with Crippen LogP contribution in [-0.4, -0.2) is 17.2 Å². The molecule has 2 unspecified atom stereocenters. The van der Waals surface area contributed by atoms with Gasteiger partial charge in [0.15, 0.2) is 0 Å². The van der Waals surface area contributed by atoms with Crippen molar-refractivity contribution in [2.45, 2.75) is 31.9 Å². The van der Waals surface area contributed by atoms with Gasteiger partial charge in [-0.3, -0.25) is 0 Å².